The number of rotatable bonds is 7. The van der Waals surface area contributed by atoms with Gasteiger partial charge < -0.3 is 14.8 Å². The SMILES string of the molecule is COc1ccc(NC(=O)CSc2nc(C(C)C)nc3sc4c(c23)CCC(C)C4)c(OC)c1. The average Bonchev–Trinajstić information content (AvgIpc) is 3.15. The van der Waals surface area contributed by atoms with E-state index in [1.165, 1.54) is 28.6 Å². The van der Waals surface area contributed by atoms with E-state index in [0.29, 0.717) is 23.1 Å². The Hall–Kier alpha value is -2.32. The minimum Gasteiger partial charge on any atom is -0.497 e. The molecule has 6 nitrogen and oxygen atoms in total. The van der Waals surface area contributed by atoms with E-state index in [1.54, 1.807) is 43.8 Å². The summed E-state index contributed by atoms with van der Waals surface area (Å²) < 4.78 is 10.6. The molecule has 1 aromatic carbocycles. The van der Waals surface area contributed by atoms with Crippen LogP contribution in [0.1, 0.15) is 49.4 Å². The first-order valence-corrected chi connectivity index (χ1v) is 12.7. The number of anilines is 1. The standard InChI is InChI=1S/C24H29N3O3S2/c1-13(2)22-26-23(21-16-8-6-14(3)10-19(16)32-24(21)27-22)31-12-20(28)25-17-9-7-15(29-4)11-18(17)30-5/h7,9,11,13-14H,6,8,10,12H2,1-5H3,(H,25,28). The number of ether oxygens (including phenoxy) is 2. The zero-order valence-electron chi connectivity index (χ0n) is 19.2. The number of hydrogen-bond donors (Lipinski definition) is 1. The zero-order chi connectivity index (χ0) is 22.8. The van der Waals surface area contributed by atoms with E-state index >= 15 is 0 Å². The van der Waals surface area contributed by atoms with E-state index in [2.05, 4.69) is 26.1 Å². The summed E-state index contributed by atoms with van der Waals surface area (Å²) in [4.78, 5) is 25.0. The molecule has 1 unspecified atom stereocenters. The summed E-state index contributed by atoms with van der Waals surface area (Å²) in [6.45, 7) is 6.52. The van der Waals surface area contributed by atoms with Crippen molar-refractivity contribution < 1.29 is 14.3 Å². The molecule has 0 aliphatic heterocycles. The number of aryl methyl sites for hydroxylation is 1. The van der Waals surface area contributed by atoms with Crippen molar-refractivity contribution in [2.75, 3.05) is 25.3 Å². The smallest absolute Gasteiger partial charge is 0.234 e. The van der Waals surface area contributed by atoms with Crippen LogP contribution in [-0.2, 0) is 17.6 Å². The number of methoxy groups -OCH3 is 2. The van der Waals surface area contributed by atoms with Crippen molar-refractivity contribution in [2.45, 2.75) is 51.0 Å². The predicted octanol–water partition coefficient (Wildman–Crippen LogP) is 5.69. The van der Waals surface area contributed by atoms with Crippen molar-refractivity contribution in [3.63, 3.8) is 0 Å². The number of benzene rings is 1. The lowest BCUT2D eigenvalue weighted by atomic mass is 9.89. The molecule has 2 aromatic heterocycles. The van der Waals surface area contributed by atoms with Gasteiger partial charge in [0.2, 0.25) is 5.91 Å². The van der Waals surface area contributed by atoms with Crippen LogP contribution in [0.4, 0.5) is 5.69 Å². The lowest BCUT2D eigenvalue weighted by Gasteiger charge is -2.18. The van der Waals surface area contributed by atoms with Crippen LogP contribution in [0, 0.1) is 5.92 Å². The summed E-state index contributed by atoms with van der Waals surface area (Å²) >= 11 is 3.29. The maximum atomic E-state index is 12.8. The summed E-state index contributed by atoms with van der Waals surface area (Å²) in [5.41, 5.74) is 2.01. The van der Waals surface area contributed by atoms with Gasteiger partial charge in [-0.3, -0.25) is 4.79 Å². The molecule has 0 bridgehead atoms. The summed E-state index contributed by atoms with van der Waals surface area (Å²) in [5, 5.41) is 5.02. The molecular formula is C24H29N3O3S2. The van der Waals surface area contributed by atoms with E-state index in [1.807, 2.05) is 0 Å². The maximum Gasteiger partial charge on any atom is 0.234 e. The number of carbonyl (C=O) groups is 1. The van der Waals surface area contributed by atoms with Crippen LogP contribution < -0.4 is 14.8 Å². The van der Waals surface area contributed by atoms with Crippen LogP contribution in [0.5, 0.6) is 11.5 Å². The summed E-state index contributed by atoms with van der Waals surface area (Å²) in [6.07, 6.45) is 3.35. The third kappa shape index (κ3) is 4.71. The number of thioether (sulfide) groups is 1. The molecule has 0 spiro atoms. The molecule has 2 heterocycles. The second-order valence-corrected chi connectivity index (χ2v) is 10.5. The van der Waals surface area contributed by atoms with Gasteiger partial charge in [0, 0.05) is 22.2 Å². The highest BCUT2D eigenvalue weighted by Gasteiger charge is 2.25. The van der Waals surface area contributed by atoms with Crippen LogP contribution in [0.25, 0.3) is 10.2 Å². The van der Waals surface area contributed by atoms with Gasteiger partial charge in [-0.05, 0) is 42.9 Å². The molecule has 1 aliphatic carbocycles. The Morgan fingerprint density at radius 3 is 2.81 bits per heavy atom. The Labute approximate surface area is 197 Å². The molecule has 170 valence electrons. The van der Waals surface area contributed by atoms with Gasteiger partial charge in [0.05, 0.1) is 25.7 Å². The first-order valence-electron chi connectivity index (χ1n) is 10.9. The van der Waals surface area contributed by atoms with Crippen molar-refractivity contribution >= 4 is 44.9 Å². The highest BCUT2D eigenvalue weighted by Crippen LogP contribution is 2.41. The quantitative estimate of drug-likeness (QED) is 0.353. The number of nitrogens with one attached hydrogen (secondary N) is 1. The Morgan fingerprint density at radius 1 is 1.28 bits per heavy atom. The number of nitrogens with zero attached hydrogens (tertiary/aromatic N) is 2. The van der Waals surface area contributed by atoms with Crippen molar-refractivity contribution in [3.05, 3.63) is 34.5 Å². The molecule has 0 saturated carbocycles. The van der Waals surface area contributed by atoms with Crippen LogP contribution in [-0.4, -0.2) is 35.8 Å². The summed E-state index contributed by atoms with van der Waals surface area (Å²) in [7, 11) is 3.17. The molecule has 0 saturated heterocycles. The van der Waals surface area contributed by atoms with Crippen LogP contribution in [0.15, 0.2) is 23.2 Å². The van der Waals surface area contributed by atoms with Gasteiger partial charge in [0.15, 0.2) is 0 Å². The first-order chi connectivity index (χ1) is 15.4. The third-order valence-electron chi connectivity index (χ3n) is 5.68. The molecule has 4 rings (SSSR count). The van der Waals surface area contributed by atoms with Gasteiger partial charge in [-0.15, -0.1) is 11.3 Å². The number of carbonyl (C=O) groups excluding carboxylic acids is 1. The lowest BCUT2D eigenvalue weighted by molar-refractivity contribution is -0.113. The van der Waals surface area contributed by atoms with Crippen LogP contribution in [0.3, 0.4) is 0 Å². The monoisotopic (exact) mass is 471 g/mol. The largest absolute Gasteiger partial charge is 0.497 e. The Bertz CT molecular complexity index is 1140. The van der Waals surface area contributed by atoms with Crippen LogP contribution >= 0.6 is 23.1 Å². The van der Waals surface area contributed by atoms with Crippen molar-refractivity contribution in [3.8, 4) is 11.5 Å². The molecule has 32 heavy (non-hydrogen) atoms. The highest BCUT2D eigenvalue weighted by atomic mass is 32.2. The molecule has 3 aromatic rings. The number of fused-ring (bicyclic) bond motifs is 3. The fraction of sp³-hybridized carbons (Fsp3) is 0.458. The van der Waals surface area contributed by atoms with Gasteiger partial charge >= 0.3 is 0 Å². The predicted molar refractivity (Wildman–Crippen MR) is 132 cm³/mol. The fourth-order valence-corrected chi connectivity index (χ4v) is 6.23. The molecule has 1 atom stereocenters. The van der Waals surface area contributed by atoms with E-state index in [9.17, 15) is 4.79 Å². The first kappa shape index (κ1) is 22.9. The number of hydrogen-bond acceptors (Lipinski definition) is 7. The van der Waals surface area contributed by atoms with Crippen LogP contribution in [0.2, 0.25) is 0 Å². The Balaban J connectivity index is 1.58. The topological polar surface area (TPSA) is 73.3 Å². The molecular weight excluding hydrogens is 442 g/mol. The normalized spacial score (nSPS) is 15.6. The number of thiophene rings is 1. The fourth-order valence-electron chi connectivity index (χ4n) is 3.91. The lowest BCUT2D eigenvalue weighted by Crippen LogP contribution is -2.15. The van der Waals surface area contributed by atoms with Gasteiger partial charge in [0.25, 0.3) is 0 Å². The second-order valence-electron chi connectivity index (χ2n) is 8.48. The van der Waals surface area contributed by atoms with Crippen molar-refractivity contribution in [1.29, 1.82) is 0 Å². The molecule has 1 amide bonds. The van der Waals surface area contributed by atoms with E-state index in [0.717, 1.165) is 33.9 Å². The minimum atomic E-state index is -0.103. The summed E-state index contributed by atoms with van der Waals surface area (Å²) in [5.74, 6) is 3.17. The van der Waals surface area contributed by atoms with Crippen molar-refractivity contribution in [1.82, 2.24) is 9.97 Å². The van der Waals surface area contributed by atoms with E-state index in [4.69, 9.17) is 19.4 Å². The minimum absolute atomic E-state index is 0.103. The number of aromatic nitrogens is 2. The number of amides is 1. The zero-order valence-corrected chi connectivity index (χ0v) is 20.8. The maximum absolute atomic E-state index is 12.8. The summed E-state index contributed by atoms with van der Waals surface area (Å²) in [6, 6.07) is 5.34. The highest BCUT2D eigenvalue weighted by molar-refractivity contribution is 8.00. The molecule has 1 aliphatic rings. The molecule has 8 heteroatoms. The van der Waals surface area contributed by atoms with Gasteiger partial charge in [-0.25, -0.2) is 9.97 Å². The van der Waals surface area contributed by atoms with Gasteiger partial charge in [0.1, 0.15) is 27.2 Å². The van der Waals surface area contributed by atoms with E-state index < -0.39 is 0 Å². The van der Waals surface area contributed by atoms with Crippen molar-refractivity contribution in [2.24, 2.45) is 5.92 Å². The molecule has 1 N–H and O–H groups in total. The van der Waals surface area contributed by atoms with Gasteiger partial charge in [-0.2, -0.15) is 0 Å². The Kier molecular flexibility index (Phi) is 6.90. The van der Waals surface area contributed by atoms with Gasteiger partial charge in [-0.1, -0.05) is 32.5 Å². The second kappa shape index (κ2) is 9.67. The molecule has 0 fully saturated rings. The molecule has 0 radical (unpaired) electrons. The average molecular weight is 472 g/mol. The Morgan fingerprint density at radius 2 is 2.09 bits per heavy atom. The third-order valence-corrected chi connectivity index (χ3v) is 7.80. The van der Waals surface area contributed by atoms with E-state index in [-0.39, 0.29) is 17.6 Å².